The fraction of sp³-hybridized carbons (Fsp3) is 0.857. The number of fused-ring (bicyclic) bond motifs is 2. The summed E-state index contributed by atoms with van der Waals surface area (Å²) in [6.07, 6.45) is 1.40. The van der Waals surface area contributed by atoms with Crippen LogP contribution in [-0.2, 0) is 23.7 Å². The van der Waals surface area contributed by atoms with Gasteiger partial charge >= 0.3 is 5.97 Å². The van der Waals surface area contributed by atoms with Crippen molar-refractivity contribution in [2.24, 2.45) is 17.3 Å². The minimum atomic E-state index is -1.23. The number of carbonyl (C=O) groups excluding carboxylic acids is 1. The van der Waals surface area contributed by atoms with E-state index in [0.29, 0.717) is 13.0 Å². The number of methoxy groups -OCH3 is 1. The molecule has 3 aliphatic carbocycles. The van der Waals surface area contributed by atoms with Crippen LogP contribution in [0, 0.1) is 17.3 Å². The van der Waals surface area contributed by atoms with Crippen LogP contribution >= 0.6 is 11.6 Å². The molecule has 0 aromatic carbocycles. The van der Waals surface area contributed by atoms with E-state index in [4.69, 9.17) is 30.5 Å². The molecule has 3 aliphatic heterocycles. The molecular weight excluding hydrogens is 384 g/mol. The van der Waals surface area contributed by atoms with E-state index in [2.05, 4.69) is 6.92 Å². The second-order valence-electron chi connectivity index (χ2n) is 10.0. The number of rotatable bonds is 2. The number of hydrogen-bond acceptors (Lipinski definition) is 6. The lowest BCUT2D eigenvalue weighted by molar-refractivity contribution is -0.189. The summed E-state index contributed by atoms with van der Waals surface area (Å²) in [5.74, 6) is -0.104. The summed E-state index contributed by atoms with van der Waals surface area (Å²) in [5.41, 5.74) is -0.764. The van der Waals surface area contributed by atoms with Crippen molar-refractivity contribution in [1.82, 2.24) is 0 Å². The van der Waals surface area contributed by atoms with Gasteiger partial charge in [-0.05, 0) is 36.7 Å². The van der Waals surface area contributed by atoms with Gasteiger partial charge in [0.15, 0.2) is 5.60 Å². The molecule has 0 aromatic heterocycles. The first-order chi connectivity index (χ1) is 13.2. The van der Waals surface area contributed by atoms with Gasteiger partial charge in [0.2, 0.25) is 0 Å². The third-order valence-corrected chi connectivity index (χ3v) is 9.63. The first kappa shape index (κ1) is 18.1. The summed E-state index contributed by atoms with van der Waals surface area (Å²) in [6.45, 7) is 6.57. The fourth-order valence-corrected chi connectivity index (χ4v) is 8.17. The summed E-state index contributed by atoms with van der Waals surface area (Å²) in [6, 6.07) is 0. The fourth-order valence-electron chi connectivity index (χ4n) is 7.57. The molecule has 6 nitrogen and oxygen atoms in total. The van der Waals surface area contributed by atoms with Crippen LogP contribution < -0.4 is 0 Å². The highest BCUT2D eigenvalue weighted by atomic mass is 35.5. The quantitative estimate of drug-likeness (QED) is 0.426. The number of ether oxygens (including phenoxy) is 4. The number of carbonyl (C=O) groups is 1. The van der Waals surface area contributed by atoms with Gasteiger partial charge in [-0.15, -0.1) is 11.6 Å². The summed E-state index contributed by atoms with van der Waals surface area (Å²) in [5, 5.41) is 11.1. The average molecular weight is 411 g/mol. The SMILES string of the molecule is CO[C@@H]1[C@](O)(C(C)C)[C@H](Cl)[C@@H]2O[C@]23[C@]12O[C@H]2C[C@H]1C2=C(CC[C@@]13C)C(=O)OC2. The molecule has 2 saturated heterocycles. The van der Waals surface area contributed by atoms with Crippen LogP contribution in [0.25, 0.3) is 0 Å². The van der Waals surface area contributed by atoms with Crippen LogP contribution in [0.15, 0.2) is 11.1 Å². The maximum absolute atomic E-state index is 12.1. The molecular formula is C21H27ClO6. The number of epoxide rings is 2. The lowest BCUT2D eigenvalue weighted by atomic mass is 9.46. The maximum Gasteiger partial charge on any atom is 0.334 e. The van der Waals surface area contributed by atoms with Gasteiger partial charge in [0.05, 0.1) is 11.5 Å². The molecule has 154 valence electrons. The Morgan fingerprint density at radius 2 is 2.07 bits per heavy atom. The highest BCUT2D eigenvalue weighted by Gasteiger charge is 2.96. The van der Waals surface area contributed by atoms with Crippen molar-refractivity contribution in [2.45, 2.75) is 80.5 Å². The number of esters is 1. The minimum absolute atomic E-state index is 0.0717. The summed E-state index contributed by atoms with van der Waals surface area (Å²) >= 11 is 6.91. The van der Waals surface area contributed by atoms with E-state index < -0.39 is 28.3 Å². The third kappa shape index (κ3) is 1.55. The predicted molar refractivity (Wildman–Crippen MR) is 98.9 cm³/mol. The Morgan fingerprint density at radius 1 is 1.32 bits per heavy atom. The van der Waals surface area contributed by atoms with Crippen molar-refractivity contribution >= 4 is 17.6 Å². The van der Waals surface area contributed by atoms with Gasteiger partial charge in [-0.3, -0.25) is 0 Å². The van der Waals surface area contributed by atoms with Crippen LogP contribution in [0.2, 0.25) is 0 Å². The van der Waals surface area contributed by atoms with Gasteiger partial charge in [0, 0.05) is 18.1 Å². The largest absolute Gasteiger partial charge is 0.458 e. The van der Waals surface area contributed by atoms with E-state index in [1.807, 2.05) is 13.8 Å². The molecule has 0 radical (unpaired) electrons. The topological polar surface area (TPSA) is 80.8 Å². The smallest absolute Gasteiger partial charge is 0.334 e. The first-order valence-corrected chi connectivity index (χ1v) is 10.8. The Balaban J connectivity index is 1.51. The maximum atomic E-state index is 12.1. The molecule has 0 amide bonds. The average Bonchev–Trinajstić information content (AvgIpc) is 3.53. The van der Waals surface area contributed by atoms with Crippen LogP contribution in [-0.4, -0.2) is 65.3 Å². The van der Waals surface area contributed by atoms with Crippen molar-refractivity contribution in [3.63, 3.8) is 0 Å². The number of cyclic esters (lactones) is 1. The van der Waals surface area contributed by atoms with Crippen molar-refractivity contribution in [3.8, 4) is 0 Å². The van der Waals surface area contributed by atoms with Crippen LogP contribution in [0.3, 0.4) is 0 Å². The normalized spacial score (nSPS) is 58.4. The van der Waals surface area contributed by atoms with Gasteiger partial charge in [0.25, 0.3) is 0 Å². The Labute approximate surface area is 169 Å². The second kappa shape index (κ2) is 4.97. The van der Waals surface area contributed by atoms with Crippen molar-refractivity contribution in [2.75, 3.05) is 13.7 Å². The Hall–Kier alpha value is -0.660. The van der Waals surface area contributed by atoms with E-state index in [-0.39, 0.29) is 35.4 Å². The van der Waals surface area contributed by atoms with Gasteiger partial charge in [-0.25, -0.2) is 4.79 Å². The Kier molecular flexibility index (Phi) is 3.22. The van der Waals surface area contributed by atoms with Crippen molar-refractivity contribution in [3.05, 3.63) is 11.1 Å². The summed E-state index contributed by atoms with van der Waals surface area (Å²) in [4.78, 5) is 12.1. The molecule has 0 unspecified atom stereocenters. The monoisotopic (exact) mass is 410 g/mol. The molecule has 0 bridgehead atoms. The second-order valence-corrected chi connectivity index (χ2v) is 10.5. The summed E-state index contributed by atoms with van der Waals surface area (Å²) < 4.78 is 24.2. The molecule has 7 heteroatoms. The van der Waals surface area contributed by atoms with Crippen LogP contribution in [0.1, 0.15) is 40.0 Å². The highest BCUT2D eigenvalue weighted by Crippen LogP contribution is 2.80. The lowest BCUT2D eigenvalue weighted by Crippen LogP contribution is -2.75. The van der Waals surface area contributed by atoms with Gasteiger partial charge < -0.3 is 24.1 Å². The molecule has 28 heavy (non-hydrogen) atoms. The molecule has 4 fully saturated rings. The van der Waals surface area contributed by atoms with Gasteiger partial charge in [0.1, 0.15) is 30.0 Å². The minimum Gasteiger partial charge on any atom is -0.458 e. The molecule has 6 aliphatic rings. The van der Waals surface area contributed by atoms with Crippen LogP contribution in [0.4, 0.5) is 0 Å². The zero-order valence-corrected chi connectivity index (χ0v) is 17.4. The van der Waals surface area contributed by atoms with E-state index in [9.17, 15) is 9.90 Å². The highest BCUT2D eigenvalue weighted by molar-refractivity contribution is 6.22. The van der Waals surface area contributed by atoms with Gasteiger partial charge in [-0.1, -0.05) is 20.8 Å². The zero-order valence-electron chi connectivity index (χ0n) is 16.7. The molecule has 6 rings (SSSR count). The zero-order chi connectivity index (χ0) is 19.9. The summed E-state index contributed by atoms with van der Waals surface area (Å²) in [7, 11) is 1.63. The molecule has 9 atom stereocenters. The van der Waals surface area contributed by atoms with Crippen molar-refractivity contribution < 1.29 is 28.8 Å². The number of hydrogen-bond donors (Lipinski definition) is 1. The number of halogens is 1. The Morgan fingerprint density at radius 3 is 2.75 bits per heavy atom. The van der Waals surface area contributed by atoms with Crippen molar-refractivity contribution in [1.29, 1.82) is 0 Å². The van der Waals surface area contributed by atoms with E-state index in [0.717, 1.165) is 24.0 Å². The van der Waals surface area contributed by atoms with E-state index >= 15 is 0 Å². The molecule has 2 saturated carbocycles. The molecule has 2 spiro atoms. The standard InChI is InChI=1S/C21H27ClO6/c1-9(2)19(24)14(22)15-21(28-15)18(3)6-5-10-11(8-26-16(10)23)12(18)7-13-20(21,27-13)17(19)25-4/h9,12-15,17,24H,5-8H2,1-4H3/t12-,13-,14+,15-,17+,18-,19-,20+,21+/m0/s1. The first-order valence-electron chi connectivity index (χ1n) is 10.3. The molecule has 0 aromatic rings. The molecule has 1 N–H and O–H groups in total. The van der Waals surface area contributed by atoms with E-state index in [1.54, 1.807) is 7.11 Å². The Bertz CT molecular complexity index is 826. The van der Waals surface area contributed by atoms with E-state index in [1.165, 1.54) is 0 Å². The predicted octanol–water partition coefficient (Wildman–Crippen LogP) is 1.96. The van der Waals surface area contributed by atoms with Gasteiger partial charge in [-0.2, -0.15) is 0 Å². The lowest BCUT2D eigenvalue weighted by Gasteiger charge is -2.57. The number of aliphatic hydroxyl groups is 1. The molecule has 3 heterocycles. The number of alkyl halides is 1. The third-order valence-electron chi connectivity index (χ3n) is 9.05. The van der Waals surface area contributed by atoms with Crippen LogP contribution in [0.5, 0.6) is 0 Å².